The number of aliphatic hydroxyl groups excluding tert-OH is 1. The van der Waals surface area contributed by atoms with Gasteiger partial charge >= 0.3 is 0 Å². The van der Waals surface area contributed by atoms with Gasteiger partial charge in [0.25, 0.3) is 11.7 Å². The van der Waals surface area contributed by atoms with E-state index < -0.39 is 17.7 Å². The van der Waals surface area contributed by atoms with Crippen LogP contribution in [0.3, 0.4) is 0 Å². The number of aromatic nitrogens is 1. The van der Waals surface area contributed by atoms with Crippen LogP contribution in [0.1, 0.15) is 49.8 Å². The molecule has 2 aromatic rings. The van der Waals surface area contributed by atoms with E-state index in [9.17, 15) is 14.7 Å². The molecule has 9 heteroatoms. The van der Waals surface area contributed by atoms with Crippen molar-refractivity contribution in [2.75, 3.05) is 53.1 Å². The second kappa shape index (κ2) is 13.4. The third-order valence-electron chi connectivity index (χ3n) is 6.98. The Bertz CT molecular complexity index is 1130. The SMILES string of the molecule is CCCCCOc1ccc(C2/C(=C(\O)c3ccncc3)C(=O)C(=O)N2CCCN2CCOCC2)cc1OC. The second-order valence-electron chi connectivity index (χ2n) is 9.50. The third-order valence-corrected chi connectivity index (χ3v) is 6.98. The average Bonchev–Trinajstić information content (AvgIpc) is 3.21. The maximum absolute atomic E-state index is 13.3. The smallest absolute Gasteiger partial charge is 0.295 e. The van der Waals surface area contributed by atoms with Gasteiger partial charge in [-0.15, -0.1) is 0 Å². The minimum absolute atomic E-state index is 0.0613. The number of hydrogen-bond acceptors (Lipinski definition) is 8. The lowest BCUT2D eigenvalue weighted by Gasteiger charge is -2.29. The van der Waals surface area contributed by atoms with Crippen LogP contribution in [0.2, 0.25) is 0 Å². The Morgan fingerprint density at radius 1 is 1.05 bits per heavy atom. The highest BCUT2D eigenvalue weighted by Gasteiger charge is 2.46. The van der Waals surface area contributed by atoms with Crippen LogP contribution in [0, 0.1) is 0 Å². The fraction of sp³-hybridized carbons (Fsp3) is 0.483. The van der Waals surface area contributed by atoms with Gasteiger partial charge in [-0.2, -0.15) is 0 Å². The molecule has 0 spiro atoms. The summed E-state index contributed by atoms with van der Waals surface area (Å²) < 4.78 is 17.0. The van der Waals surface area contributed by atoms with E-state index in [4.69, 9.17) is 14.2 Å². The quantitative estimate of drug-likeness (QED) is 0.194. The predicted molar refractivity (Wildman–Crippen MR) is 143 cm³/mol. The number of hydrogen-bond donors (Lipinski definition) is 1. The highest BCUT2D eigenvalue weighted by atomic mass is 16.5. The van der Waals surface area contributed by atoms with Crippen LogP contribution >= 0.6 is 0 Å². The van der Waals surface area contributed by atoms with E-state index >= 15 is 0 Å². The number of ether oxygens (including phenoxy) is 3. The van der Waals surface area contributed by atoms with Crippen molar-refractivity contribution < 1.29 is 28.9 Å². The average molecular weight is 524 g/mol. The van der Waals surface area contributed by atoms with Gasteiger partial charge in [0.2, 0.25) is 0 Å². The first-order valence-corrected chi connectivity index (χ1v) is 13.3. The number of carbonyl (C=O) groups is 2. The lowest BCUT2D eigenvalue weighted by atomic mass is 9.95. The van der Waals surface area contributed by atoms with Crippen molar-refractivity contribution in [2.24, 2.45) is 0 Å². The van der Waals surface area contributed by atoms with Crippen molar-refractivity contribution in [1.29, 1.82) is 0 Å². The number of likely N-dealkylation sites (tertiary alicyclic amines) is 1. The van der Waals surface area contributed by atoms with E-state index in [0.29, 0.717) is 55.4 Å². The summed E-state index contributed by atoms with van der Waals surface area (Å²) in [5.41, 5.74) is 1.16. The number of carbonyl (C=O) groups excluding carboxylic acids is 2. The number of aliphatic hydroxyl groups is 1. The fourth-order valence-electron chi connectivity index (χ4n) is 4.92. The van der Waals surface area contributed by atoms with Crippen LogP contribution in [-0.4, -0.2) is 84.7 Å². The molecule has 2 aliphatic heterocycles. The van der Waals surface area contributed by atoms with E-state index in [2.05, 4.69) is 16.8 Å². The van der Waals surface area contributed by atoms with Crippen LogP contribution in [0.5, 0.6) is 11.5 Å². The van der Waals surface area contributed by atoms with Crippen molar-refractivity contribution in [2.45, 2.75) is 38.6 Å². The zero-order valence-corrected chi connectivity index (χ0v) is 22.2. The first-order chi connectivity index (χ1) is 18.5. The molecule has 38 heavy (non-hydrogen) atoms. The molecule has 1 aromatic carbocycles. The zero-order valence-electron chi connectivity index (χ0n) is 22.2. The van der Waals surface area contributed by atoms with Gasteiger partial charge in [0.15, 0.2) is 11.5 Å². The predicted octanol–water partition coefficient (Wildman–Crippen LogP) is 3.80. The largest absolute Gasteiger partial charge is 0.507 e. The Hall–Kier alpha value is -3.43. The molecule has 2 saturated heterocycles. The number of methoxy groups -OCH3 is 1. The van der Waals surface area contributed by atoms with Gasteiger partial charge in [0.05, 0.1) is 38.5 Å². The summed E-state index contributed by atoms with van der Waals surface area (Å²) in [6.07, 6.45) is 6.88. The molecule has 2 fully saturated rings. The molecule has 1 unspecified atom stereocenters. The Kier molecular flexibility index (Phi) is 9.73. The van der Waals surface area contributed by atoms with Crippen LogP contribution < -0.4 is 9.47 Å². The number of nitrogens with zero attached hydrogens (tertiary/aromatic N) is 3. The molecular weight excluding hydrogens is 486 g/mol. The van der Waals surface area contributed by atoms with Gasteiger partial charge in [-0.3, -0.25) is 19.5 Å². The van der Waals surface area contributed by atoms with E-state index in [0.717, 1.165) is 38.9 Å². The normalized spacial score (nSPS) is 19.6. The van der Waals surface area contributed by atoms with Gasteiger partial charge < -0.3 is 24.2 Å². The summed E-state index contributed by atoms with van der Waals surface area (Å²) in [5, 5.41) is 11.2. The summed E-state index contributed by atoms with van der Waals surface area (Å²) in [6, 6.07) is 7.91. The van der Waals surface area contributed by atoms with Gasteiger partial charge in [-0.05, 0) is 42.7 Å². The molecule has 3 heterocycles. The number of unbranched alkanes of at least 4 members (excludes halogenated alkanes) is 2. The lowest BCUT2D eigenvalue weighted by Crippen LogP contribution is -2.39. The van der Waals surface area contributed by atoms with E-state index in [1.165, 1.54) is 12.4 Å². The third kappa shape index (κ3) is 6.34. The van der Waals surface area contributed by atoms with Crippen molar-refractivity contribution in [3.63, 3.8) is 0 Å². The Morgan fingerprint density at radius 3 is 2.53 bits per heavy atom. The number of Topliss-reactive ketones (excluding diaryl/α,β-unsaturated/α-hetero) is 1. The van der Waals surface area contributed by atoms with E-state index in [1.807, 2.05) is 6.07 Å². The molecule has 0 bridgehead atoms. The van der Waals surface area contributed by atoms with Crippen LogP contribution in [0.25, 0.3) is 5.76 Å². The van der Waals surface area contributed by atoms with Crippen molar-refractivity contribution in [1.82, 2.24) is 14.8 Å². The number of rotatable bonds is 12. The number of morpholine rings is 1. The van der Waals surface area contributed by atoms with E-state index in [-0.39, 0.29) is 11.3 Å². The molecule has 4 rings (SSSR count). The minimum atomic E-state index is -0.754. The number of benzene rings is 1. The number of amides is 1. The first-order valence-electron chi connectivity index (χ1n) is 13.3. The van der Waals surface area contributed by atoms with Gasteiger partial charge in [0, 0.05) is 44.1 Å². The molecule has 0 radical (unpaired) electrons. The van der Waals surface area contributed by atoms with Crippen LogP contribution in [0.15, 0.2) is 48.3 Å². The molecule has 1 N–H and O–H groups in total. The molecule has 0 saturated carbocycles. The molecule has 1 amide bonds. The molecular formula is C29H37N3O6. The molecule has 1 atom stereocenters. The highest BCUT2D eigenvalue weighted by Crippen LogP contribution is 2.42. The summed E-state index contributed by atoms with van der Waals surface area (Å²) >= 11 is 0. The molecule has 1 aromatic heterocycles. The Labute approximate surface area is 224 Å². The fourth-order valence-corrected chi connectivity index (χ4v) is 4.92. The standard InChI is InChI=1S/C29H37N3O6/c1-3-4-5-17-38-23-8-7-22(20-24(23)36-2)26-25(27(33)21-9-11-30-12-10-21)28(34)29(35)32(26)14-6-13-31-15-18-37-19-16-31/h7-12,20,26,33H,3-6,13-19H2,1-2H3/b27-25+. The maximum atomic E-state index is 13.3. The Balaban J connectivity index is 1.65. The van der Waals surface area contributed by atoms with Gasteiger partial charge in [-0.1, -0.05) is 25.8 Å². The molecule has 204 valence electrons. The topological polar surface area (TPSA) is 101 Å². The second-order valence-corrected chi connectivity index (χ2v) is 9.50. The number of ketones is 1. The molecule has 2 aliphatic rings. The zero-order chi connectivity index (χ0) is 26.9. The van der Waals surface area contributed by atoms with E-state index in [1.54, 1.807) is 36.3 Å². The monoisotopic (exact) mass is 523 g/mol. The van der Waals surface area contributed by atoms with Gasteiger partial charge in [-0.25, -0.2) is 0 Å². The summed E-state index contributed by atoms with van der Waals surface area (Å²) in [6.45, 7) is 6.97. The number of pyridine rings is 1. The molecule has 0 aliphatic carbocycles. The Morgan fingerprint density at radius 2 is 1.82 bits per heavy atom. The maximum Gasteiger partial charge on any atom is 0.295 e. The van der Waals surface area contributed by atoms with Crippen molar-refractivity contribution >= 4 is 17.4 Å². The minimum Gasteiger partial charge on any atom is -0.507 e. The summed E-state index contributed by atoms with van der Waals surface area (Å²) in [4.78, 5) is 34.4. The first kappa shape index (κ1) is 27.6. The molecule has 9 nitrogen and oxygen atoms in total. The summed E-state index contributed by atoms with van der Waals surface area (Å²) in [7, 11) is 1.56. The highest BCUT2D eigenvalue weighted by molar-refractivity contribution is 6.46. The van der Waals surface area contributed by atoms with Crippen LogP contribution in [-0.2, 0) is 14.3 Å². The van der Waals surface area contributed by atoms with Crippen LogP contribution in [0.4, 0.5) is 0 Å². The van der Waals surface area contributed by atoms with Gasteiger partial charge in [0.1, 0.15) is 5.76 Å². The van der Waals surface area contributed by atoms with Crippen molar-refractivity contribution in [3.05, 3.63) is 59.4 Å². The lowest BCUT2D eigenvalue weighted by molar-refractivity contribution is -0.140. The summed E-state index contributed by atoms with van der Waals surface area (Å²) in [5.74, 6) is -0.418. The van der Waals surface area contributed by atoms with Crippen molar-refractivity contribution in [3.8, 4) is 11.5 Å².